The van der Waals surface area contributed by atoms with Crippen LogP contribution in [0.15, 0.2) is 30.9 Å². The summed E-state index contributed by atoms with van der Waals surface area (Å²) in [5, 5.41) is 10.3. The van der Waals surface area contributed by atoms with Gasteiger partial charge in [0.05, 0.1) is 41.8 Å². The second-order valence-electron chi connectivity index (χ2n) is 10.0. The monoisotopic (exact) mass is 510 g/mol. The molecule has 0 radical (unpaired) electrons. The smallest absolute Gasteiger partial charge is 0.311 e. The molecule has 0 aromatic carbocycles. The number of aromatic amines is 1. The van der Waals surface area contributed by atoms with Crippen LogP contribution in [0.4, 0.5) is 4.39 Å². The number of esters is 1. The fraction of sp³-hybridized carbons (Fsp3) is 0.414. The minimum atomic E-state index is -0.437. The third-order valence-corrected chi connectivity index (χ3v) is 7.95. The van der Waals surface area contributed by atoms with Crippen LogP contribution in [-0.2, 0) is 9.53 Å². The fourth-order valence-corrected chi connectivity index (χ4v) is 6.31. The van der Waals surface area contributed by atoms with Crippen molar-refractivity contribution in [2.75, 3.05) is 6.61 Å². The minimum Gasteiger partial charge on any atom is -0.466 e. The van der Waals surface area contributed by atoms with Gasteiger partial charge in [0, 0.05) is 42.4 Å². The molecule has 0 aliphatic heterocycles. The molecule has 0 saturated heterocycles. The van der Waals surface area contributed by atoms with Crippen molar-refractivity contribution >= 4 is 28.0 Å². The van der Waals surface area contributed by atoms with Crippen molar-refractivity contribution in [1.29, 1.82) is 5.26 Å². The molecule has 0 spiro atoms. The number of hydrogen-bond donors (Lipinski definition) is 1. The number of unbranched alkanes of at least 4 members (excludes halogenated alkanes) is 1. The number of pyridine rings is 1. The lowest BCUT2D eigenvalue weighted by molar-refractivity contribution is -0.157. The first-order valence-corrected chi connectivity index (χ1v) is 13.1. The third-order valence-electron chi connectivity index (χ3n) is 7.95. The van der Waals surface area contributed by atoms with Crippen molar-refractivity contribution in [3.05, 3.63) is 42.2 Å². The summed E-state index contributed by atoms with van der Waals surface area (Å²) in [5.41, 5.74) is 2.65. The van der Waals surface area contributed by atoms with Crippen LogP contribution in [0.25, 0.3) is 33.5 Å². The number of carbonyl (C=O) groups is 1. The number of hydrogen-bond acceptors (Lipinski definition) is 6. The first-order chi connectivity index (χ1) is 18.6. The lowest BCUT2D eigenvalue weighted by atomic mass is 9.61. The molecule has 2 atom stereocenters. The molecule has 0 unspecified atom stereocenters. The van der Waals surface area contributed by atoms with Gasteiger partial charge in [0.25, 0.3) is 0 Å². The van der Waals surface area contributed by atoms with Crippen LogP contribution >= 0.6 is 0 Å². The maximum absolute atomic E-state index is 14.0. The highest BCUT2D eigenvalue weighted by Crippen LogP contribution is 2.52. The minimum absolute atomic E-state index is 0.0939. The summed E-state index contributed by atoms with van der Waals surface area (Å²) in [7, 11) is 0. The van der Waals surface area contributed by atoms with E-state index in [0.717, 1.165) is 36.6 Å². The van der Waals surface area contributed by atoms with E-state index in [0.29, 0.717) is 53.4 Å². The molecule has 4 aromatic heterocycles. The Labute approximate surface area is 219 Å². The van der Waals surface area contributed by atoms with Crippen molar-refractivity contribution in [3.63, 3.8) is 0 Å². The van der Waals surface area contributed by atoms with Crippen LogP contribution in [0.2, 0.25) is 0 Å². The van der Waals surface area contributed by atoms with E-state index in [9.17, 15) is 9.18 Å². The molecular formula is C29H27FN6O2. The molecule has 3 aliphatic carbocycles. The van der Waals surface area contributed by atoms with E-state index in [4.69, 9.17) is 15.0 Å². The van der Waals surface area contributed by atoms with E-state index in [1.165, 1.54) is 12.3 Å². The van der Waals surface area contributed by atoms with Crippen LogP contribution in [0.3, 0.4) is 0 Å². The summed E-state index contributed by atoms with van der Waals surface area (Å²) in [6, 6.07) is 3.45. The first-order valence-electron chi connectivity index (χ1n) is 13.1. The van der Waals surface area contributed by atoms with Crippen molar-refractivity contribution in [2.24, 2.45) is 17.8 Å². The van der Waals surface area contributed by atoms with Gasteiger partial charge in [-0.3, -0.25) is 4.79 Å². The molecule has 9 heteroatoms. The number of H-pyrrole nitrogens is 1. The highest BCUT2D eigenvalue weighted by Gasteiger charge is 2.49. The van der Waals surface area contributed by atoms with Gasteiger partial charge in [-0.05, 0) is 50.5 Å². The standard InChI is InChI=1S/C29H27FN6O2/c1-2-38-29(37)24-17-7-9-18(10-8-17)25(24)36-16-19(6-4-3-5-11-31)22-14-34-27(35-28(22)36)23-15-33-26-21(23)12-20(30)13-32-26/h12-18,24-25H,2-3,5,7-10H2,1H3,(H,32,33)/t17?,18?,24-,25-/m1/s1. The van der Waals surface area contributed by atoms with Gasteiger partial charge in [-0.15, -0.1) is 0 Å². The normalized spacial score (nSPS) is 22.2. The van der Waals surface area contributed by atoms with Gasteiger partial charge in [-0.25, -0.2) is 19.3 Å². The molecule has 4 aromatic rings. The largest absolute Gasteiger partial charge is 0.466 e. The number of aromatic nitrogens is 5. The Bertz CT molecular complexity index is 1630. The molecule has 7 rings (SSSR count). The number of nitrogens with one attached hydrogen (secondary N) is 1. The Morgan fingerprint density at radius 3 is 2.79 bits per heavy atom. The number of nitriles is 1. The second kappa shape index (κ2) is 9.90. The Kier molecular flexibility index (Phi) is 6.29. The summed E-state index contributed by atoms with van der Waals surface area (Å²) in [6.07, 6.45) is 11.6. The first kappa shape index (κ1) is 24.1. The van der Waals surface area contributed by atoms with Crippen molar-refractivity contribution in [2.45, 2.75) is 51.5 Å². The lowest BCUT2D eigenvalue weighted by Gasteiger charge is -2.47. The summed E-state index contributed by atoms with van der Waals surface area (Å²) in [5.74, 6) is 6.49. The third kappa shape index (κ3) is 4.09. The van der Waals surface area contributed by atoms with Crippen molar-refractivity contribution < 1.29 is 13.9 Å². The van der Waals surface area contributed by atoms with Crippen molar-refractivity contribution in [3.8, 4) is 29.3 Å². The van der Waals surface area contributed by atoms with Gasteiger partial charge in [0.2, 0.25) is 0 Å². The topological polar surface area (TPSA) is 109 Å². The van der Waals surface area contributed by atoms with E-state index in [-0.39, 0.29) is 23.8 Å². The zero-order valence-electron chi connectivity index (χ0n) is 21.1. The van der Waals surface area contributed by atoms with E-state index >= 15 is 0 Å². The molecule has 192 valence electrons. The quantitative estimate of drug-likeness (QED) is 0.221. The summed E-state index contributed by atoms with van der Waals surface area (Å²) < 4.78 is 21.7. The molecule has 2 bridgehead atoms. The molecule has 3 fully saturated rings. The molecule has 8 nitrogen and oxygen atoms in total. The number of fused-ring (bicyclic) bond motifs is 5. The van der Waals surface area contributed by atoms with Crippen LogP contribution in [0.1, 0.15) is 57.1 Å². The second-order valence-corrected chi connectivity index (χ2v) is 10.0. The predicted molar refractivity (Wildman–Crippen MR) is 139 cm³/mol. The lowest BCUT2D eigenvalue weighted by Crippen LogP contribution is -2.45. The summed E-state index contributed by atoms with van der Waals surface area (Å²) in [4.78, 5) is 30.0. The summed E-state index contributed by atoms with van der Waals surface area (Å²) in [6.45, 7) is 2.19. The highest BCUT2D eigenvalue weighted by molar-refractivity contribution is 5.93. The van der Waals surface area contributed by atoms with E-state index in [1.54, 1.807) is 12.4 Å². The van der Waals surface area contributed by atoms with Gasteiger partial charge >= 0.3 is 5.97 Å². The molecule has 1 N–H and O–H groups in total. The SMILES string of the molecule is CCOC(=O)[C@@H]1C2CCC(CC2)[C@H]1n1cc(C#CCCC#N)c2cnc(-c3c[nH]c4ncc(F)cc34)nc21. The zero-order chi connectivity index (χ0) is 26.2. The predicted octanol–water partition coefficient (Wildman–Crippen LogP) is 5.31. The fourth-order valence-electron chi connectivity index (χ4n) is 6.31. The van der Waals surface area contributed by atoms with Gasteiger partial charge in [-0.1, -0.05) is 11.8 Å². The van der Waals surface area contributed by atoms with Crippen LogP contribution in [0.5, 0.6) is 0 Å². The molecule has 0 amide bonds. The average molecular weight is 511 g/mol. The van der Waals surface area contributed by atoms with E-state index in [1.807, 2.05) is 13.1 Å². The Morgan fingerprint density at radius 2 is 2.00 bits per heavy atom. The number of rotatable bonds is 5. The number of ether oxygens (including phenoxy) is 1. The van der Waals surface area contributed by atoms with Gasteiger partial charge in [0.15, 0.2) is 5.82 Å². The number of halogens is 1. The maximum Gasteiger partial charge on any atom is 0.311 e. The molecule has 3 aliphatic rings. The van der Waals surface area contributed by atoms with Crippen LogP contribution < -0.4 is 0 Å². The Morgan fingerprint density at radius 1 is 1.18 bits per heavy atom. The highest BCUT2D eigenvalue weighted by atomic mass is 19.1. The molecule has 3 saturated carbocycles. The molecular weight excluding hydrogens is 483 g/mol. The van der Waals surface area contributed by atoms with E-state index in [2.05, 4.69) is 37.4 Å². The summed E-state index contributed by atoms with van der Waals surface area (Å²) >= 11 is 0. The maximum atomic E-state index is 14.0. The van der Waals surface area contributed by atoms with Crippen LogP contribution in [0, 0.1) is 46.7 Å². The zero-order valence-corrected chi connectivity index (χ0v) is 21.1. The van der Waals surface area contributed by atoms with Gasteiger partial charge < -0.3 is 14.3 Å². The Hall–Kier alpha value is -4.24. The van der Waals surface area contributed by atoms with E-state index < -0.39 is 5.82 Å². The number of carbonyl (C=O) groups excluding carboxylic acids is 1. The number of nitrogens with zero attached hydrogens (tertiary/aromatic N) is 5. The van der Waals surface area contributed by atoms with Gasteiger partial charge in [-0.2, -0.15) is 5.26 Å². The molecule has 38 heavy (non-hydrogen) atoms. The van der Waals surface area contributed by atoms with Gasteiger partial charge in [0.1, 0.15) is 17.1 Å². The Balaban J connectivity index is 1.52. The van der Waals surface area contributed by atoms with Crippen LogP contribution in [-0.4, -0.2) is 37.1 Å². The average Bonchev–Trinajstić information content (AvgIpc) is 3.52. The van der Waals surface area contributed by atoms with Crippen molar-refractivity contribution in [1.82, 2.24) is 24.5 Å². The molecule has 4 heterocycles.